The average Bonchev–Trinajstić information content (AvgIpc) is 2.09. The molecule has 1 aromatic carbocycles. The van der Waals surface area contributed by atoms with Gasteiger partial charge >= 0.3 is 5.97 Å². The van der Waals surface area contributed by atoms with Crippen molar-refractivity contribution in [3.05, 3.63) is 27.7 Å². The number of carboxylic acid groups (broad SMARTS) is 1. The molecule has 0 aliphatic rings. The molecular weight excluding hydrogens is 229 g/mol. The third kappa shape index (κ3) is 2.29. The quantitative estimate of drug-likeness (QED) is 0.829. The Kier molecular flexibility index (Phi) is 4.70. The minimum absolute atomic E-state index is 0. The molecule has 0 unspecified atom stereocenters. The van der Waals surface area contributed by atoms with E-state index in [4.69, 9.17) is 33.0 Å². The van der Waals surface area contributed by atoms with Crippen LogP contribution in [-0.2, 0) is 0 Å². The highest BCUT2D eigenvalue weighted by atomic mass is 35.5. The van der Waals surface area contributed by atoms with E-state index in [9.17, 15) is 4.79 Å². The summed E-state index contributed by atoms with van der Waals surface area (Å²) in [6, 6.07) is 2.76. The first kappa shape index (κ1) is 13.0. The largest absolute Gasteiger partial charge is 0.494 e. The third-order valence-corrected chi connectivity index (χ3v) is 2.27. The van der Waals surface area contributed by atoms with E-state index < -0.39 is 5.97 Å². The van der Waals surface area contributed by atoms with E-state index in [2.05, 4.69) is 0 Å². The van der Waals surface area contributed by atoms with Gasteiger partial charge in [0.25, 0.3) is 0 Å². The van der Waals surface area contributed by atoms with Gasteiger partial charge in [-0.3, -0.25) is 0 Å². The van der Waals surface area contributed by atoms with E-state index in [-0.39, 0.29) is 27.5 Å². The Morgan fingerprint density at radius 2 is 2.00 bits per heavy atom. The van der Waals surface area contributed by atoms with Gasteiger partial charge in [-0.1, -0.05) is 23.2 Å². The Morgan fingerprint density at radius 1 is 1.43 bits per heavy atom. The topological polar surface area (TPSA) is 81.5 Å². The lowest BCUT2D eigenvalue weighted by Crippen LogP contribution is -2.00. The number of hydrogen-bond donors (Lipinski definition) is 2. The lowest BCUT2D eigenvalue weighted by atomic mass is 10.2. The molecule has 1 aromatic rings. The van der Waals surface area contributed by atoms with E-state index in [1.54, 1.807) is 0 Å². The number of aromatic carboxylic acids is 1. The number of rotatable bonds is 2. The first-order valence-electron chi connectivity index (χ1n) is 3.33. The van der Waals surface area contributed by atoms with Gasteiger partial charge in [0.05, 0.1) is 12.1 Å². The molecule has 1 rings (SSSR count). The van der Waals surface area contributed by atoms with Gasteiger partial charge in [-0.15, -0.1) is 0 Å². The zero-order valence-corrected chi connectivity index (χ0v) is 8.89. The second-order valence-electron chi connectivity index (χ2n) is 2.25. The van der Waals surface area contributed by atoms with Crippen molar-refractivity contribution in [1.82, 2.24) is 6.15 Å². The summed E-state index contributed by atoms with van der Waals surface area (Å²) in [7, 11) is 1.34. The van der Waals surface area contributed by atoms with Crippen LogP contribution in [0, 0.1) is 0 Å². The van der Waals surface area contributed by atoms with Crippen LogP contribution < -0.4 is 10.9 Å². The van der Waals surface area contributed by atoms with Crippen molar-refractivity contribution in [1.29, 1.82) is 0 Å². The molecule has 4 nitrogen and oxygen atoms in total. The number of ether oxygens (including phenoxy) is 1. The van der Waals surface area contributed by atoms with E-state index in [0.29, 0.717) is 0 Å². The standard InChI is InChI=1S/C8H6Cl2O3.H3N/c1-13-7-4(8(11)12)2-3-5(9)6(7)10;/h2-3H,1H3,(H,11,12);1H3. The molecule has 0 aliphatic heterocycles. The summed E-state index contributed by atoms with van der Waals surface area (Å²) in [5.41, 5.74) is -0.00287. The Balaban J connectivity index is 0.00000169. The maximum Gasteiger partial charge on any atom is 0.339 e. The van der Waals surface area contributed by atoms with E-state index in [1.807, 2.05) is 0 Å². The maximum atomic E-state index is 10.7. The molecule has 0 amide bonds. The summed E-state index contributed by atoms with van der Waals surface area (Å²) in [6.45, 7) is 0. The van der Waals surface area contributed by atoms with Crippen molar-refractivity contribution in [2.75, 3.05) is 7.11 Å². The van der Waals surface area contributed by atoms with Crippen LogP contribution in [0.15, 0.2) is 12.1 Å². The van der Waals surface area contributed by atoms with Crippen LogP contribution in [0.3, 0.4) is 0 Å². The lowest BCUT2D eigenvalue weighted by Gasteiger charge is -2.07. The van der Waals surface area contributed by atoms with Gasteiger partial charge in [-0.25, -0.2) is 4.79 Å². The minimum Gasteiger partial charge on any atom is -0.494 e. The predicted molar refractivity (Wildman–Crippen MR) is 55.0 cm³/mol. The SMILES string of the molecule is COc1c(C(=O)O)ccc(Cl)c1Cl.N. The highest BCUT2D eigenvalue weighted by Gasteiger charge is 2.15. The number of carboxylic acids is 1. The van der Waals surface area contributed by atoms with E-state index in [0.717, 1.165) is 0 Å². The molecule has 0 bridgehead atoms. The van der Waals surface area contributed by atoms with Crippen molar-refractivity contribution in [3.63, 3.8) is 0 Å². The van der Waals surface area contributed by atoms with Gasteiger partial charge in [-0.05, 0) is 12.1 Å². The smallest absolute Gasteiger partial charge is 0.339 e. The summed E-state index contributed by atoms with van der Waals surface area (Å²) in [5, 5.41) is 9.11. The van der Waals surface area contributed by atoms with Crippen molar-refractivity contribution < 1.29 is 14.6 Å². The Hall–Kier alpha value is -0.970. The van der Waals surface area contributed by atoms with Crippen molar-refractivity contribution >= 4 is 29.2 Å². The fraction of sp³-hybridized carbons (Fsp3) is 0.125. The zero-order chi connectivity index (χ0) is 10.0. The number of carbonyl (C=O) groups is 1. The van der Waals surface area contributed by atoms with Gasteiger partial charge in [0.2, 0.25) is 0 Å². The van der Waals surface area contributed by atoms with Crippen LogP contribution in [0.1, 0.15) is 10.4 Å². The van der Waals surface area contributed by atoms with E-state index >= 15 is 0 Å². The number of halogens is 2. The first-order valence-corrected chi connectivity index (χ1v) is 4.08. The highest BCUT2D eigenvalue weighted by Crippen LogP contribution is 2.34. The second kappa shape index (κ2) is 5.05. The molecular formula is C8H9Cl2NO3. The monoisotopic (exact) mass is 237 g/mol. The molecule has 6 heteroatoms. The highest BCUT2D eigenvalue weighted by molar-refractivity contribution is 6.43. The zero-order valence-electron chi connectivity index (χ0n) is 7.38. The number of benzene rings is 1. The Bertz CT molecular complexity index is 355. The normalized spacial score (nSPS) is 9.07. The first-order chi connectivity index (χ1) is 6.07. The van der Waals surface area contributed by atoms with Crippen LogP contribution >= 0.6 is 23.2 Å². The fourth-order valence-electron chi connectivity index (χ4n) is 0.900. The molecule has 0 radical (unpaired) electrons. The van der Waals surface area contributed by atoms with Crippen LogP contribution in [0.2, 0.25) is 10.0 Å². The molecule has 0 fully saturated rings. The van der Waals surface area contributed by atoms with Crippen LogP contribution in [0.4, 0.5) is 0 Å². The summed E-state index contributed by atoms with van der Waals surface area (Å²) in [5.74, 6) is -1.02. The molecule has 0 heterocycles. The minimum atomic E-state index is -1.10. The van der Waals surface area contributed by atoms with Crippen LogP contribution in [0.25, 0.3) is 0 Å². The number of methoxy groups -OCH3 is 1. The van der Waals surface area contributed by atoms with Gasteiger partial charge in [0.1, 0.15) is 10.6 Å². The van der Waals surface area contributed by atoms with Crippen molar-refractivity contribution in [3.8, 4) is 5.75 Å². The van der Waals surface area contributed by atoms with Crippen molar-refractivity contribution in [2.45, 2.75) is 0 Å². The molecule has 0 atom stereocenters. The molecule has 14 heavy (non-hydrogen) atoms. The predicted octanol–water partition coefficient (Wildman–Crippen LogP) is 2.86. The molecule has 0 aromatic heterocycles. The molecule has 0 aliphatic carbocycles. The van der Waals surface area contributed by atoms with E-state index in [1.165, 1.54) is 19.2 Å². The van der Waals surface area contributed by atoms with Crippen LogP contribution in [-0.4, -0.2) is 18.2 Å². The summed E-state index contributed by atoms with van der Waals surface area (Å²) in [4.78, 5) is 10.7. The Labute approximate surface area is 91.0 Å². The summed E-state index contributed by atoms with van der Waals surface area (Å²) in [6.07, 6.45) is 0. The Morgan fingerprint density at radius 3 is 2.43 bits per heavy atom. The molecule has 0 spiro atoms. The lowest BCUT2D eigenvalue weighted by molar-refractivity contribution is 0.0693. The summed E-state index contributed by atoms with van der Waals surface area (Å²) >= 11 is 11.4. The molecule has 0 saturated heterocycles. The second-order valence-corrected chi connectivity index (χ2v) is 3.03. The van der Waals surface area contributed by atoms with Gasteiger partial charge in [-0.2, -0.15) is 0 Å². The van der Waals surface area contributed by atoms with Crippen molar-refractivity contribution in [2.24, 2.45) is 0 Å². The molecule has 78 valence electrons. The van der Waals surface area contributed by atoms with Gasteiger partial charge < -0.3 is 16.0 Å². The van der Waals surface area contributed by atoms with Gasteiger partial charge in [0.15, 0.2) is 5.75 Å². The van der Waals surface area contributed by atoms with Crippen LogP contribution in [0.5, 0.6) is 5.75 Å². The summed E-state index contributed by atoms with van der Waals surface area (Å²) < 4.78 is 4.82. The third-order valence-electron chi connectivity index (χ3n) is 1.48. The van der Waals surface area contributed by atoms with Gasteiger partial charge in [0, 0.05) is 0 Å². The maximum absolute atomic E-state index is 10.7. The molecule has 0 saturated carbocycles. The number of hydrogen-bond acceptors (Lipinski definition) is 3. The average molecular weight is 238 g/mol. The fourth-order valence-corrected chi connectivity index (χ4v) is 1.29. The molecule has 4 N–H and O–H groups in total.